The van der Waals surface area contributed by atoms with E-state index in [4.69, 9.17) is 0 Å². The van der Waals surface area contributed by atoms with Gasteiger partial charge in [-0.05, 0) is 12.3 Å². The fourth-order valence-corrected chi connectivity index (χ4v) is 1.80. The zero-order chi connectivity index (χ0) is 12.5. The number of aldehydes is 1. The van der Waals surface area contributed by atoms with Crippen molar-refractivity contribution in [2.45, 2.75) is 27.2 Å². The zero-order valence-corrected chi connectivity index (χ0v) is 9.48. The van der Waals surface area contributed by atoms with E-state index in [0.29, 0.717) is 6.29 Å². The lowest BCUT2D eigenvalue weighted by Crippen LogP contribution is -2.18. The van der Waals surface area contributed by atoms with Crippen molar-refractivity contribution >= 4 is 24.0 Å². The molecule has 1 rings (SSSR count). The summed E-state index contributed by atoms with van der Waals surface area (Å²) in [7, 11) is 0. The van der Waals surface area contributed by atoms with Crippen molar-refractivity contribution < 1.29 is 23.9 Å². The van der Waals surface area contributed by atoms with Crippen molar-refractivity contribution in [3.63, 3.8) is 0 Å². The predicted octanol–water partition coefficient (Wildman–Crippen LogP) is 0.506. The van der Waals surface area contributed by atoms with Crippen LogP contribution in [0, 0.1) is 17.3 Å². The van der Waals surface area contributed by atoms with E-state index in [1.807, 2.05) is 0 Å². The lowest BCUT2D eigenvalue weighted by Gasteiger charge is -2.02. The number of rotatable bonds is 4. The first-order valence-corrected chi connectivity index (χ1v) is 5.00. The number of esters is 2. The second-order valence-corrected chi connectivity index (χ2v) is 4.63. The molecule has 1 aliphatic carbocycles. The highest BCUT2D eigenvalue weighted by Crippen LogP contribution is 2.57. The molecule has 1 saturated carbocycles. The van der Waals surface area contributed by atoms with Crippen LogP contribution in [-0.2, 0) is 23.9 Å². The molecule has 0 aromatic carbocycles. The van der Waals surface area contributed by atoms with Crippen molar-refractivity contribution in [2.24, 2.45) is 17.3 Å². The second-order valence-electron chi connectivity index (χ2n) is 4.63. The van der Waals surface area contributed by atoms with Crippen LogP contribution in [0.3, 0.4) is 0 Å². The average Bonchev–Trinajstić information content (AvgIpc) is 2.65. The summed E-state index contributed by atoms with van der Waals surface area (Å²) in [6.07, 6.45) is 0.284. The van der Waals surface area contributed by atoms with Crippen LogP contribution >= 0.6 is 0 Å². The fourth-order valence-electron chi connectivity index (χ4n) is 1.80. The number of hydrogen-bond donors (Lipinski definition) is 0. The summed E-state index contributed by atoms with van der Waals surface area (Å²) in [6, 6.07) is 0. The number of Topliss-reactive ketones (excluding diaryl/α,β-unsaturated/α-hetero) is 1. The van der Waals surface area contributed by atoms with E-state index in [1.165, 1.54) is 6.92 Å². The standard InChI is InChI=1S/C11H14O5/c1-6(13)4-8(14)16-10(15)9-7(5-12)11(9,2)3/h5,7,9H,4H2,1-3H3. The Bertz CT molecular complexity index is 355. The van der Waals surface area contributed by atoms with Crippen molar-refractivity contribution in [3.8, 4) is 0 Å². The maximum Gasteiger partial charge on any atom is 0.320 e. The van der Waals surface area contributed by atoms with Gasteiger partial charge in [-0.15, -0.1) is 0 Å². The Balaban J connectivity index is 2.52. The molecule has 0 bridgehead atoms. The molecule has 0 aromatic heterocycles. The van der Waals surface area contributed by atoms with Crippen molar-refractivity contribution in [2.75, 3.05) is 0 Å². The summed E-state index contributed by atoms with van der Waals surface area (Å²) in [4.78, 5) is 43.7. The molecule has 0 aliphatic heterocycles. The third-order valence-electron chi connectivity index (χ3n) is 2.92. The molecule has 2 atom stereocenters. The first-order chi connectivity index (χ1) is 7.30. The monoisotopic (exact) mass is 226 g/mol. The third kappa shape index (κ3) is 2.35. The Hall–Kier alpha value is -1.52. The van der Waals surface area contributed by atoms with Crippen LogP contribution in [0.2, 0.25) is 0 Å². The van der Waals surface area contributed by atoms with Crippen LogP contribution in [0.4, 0.5) is 0 Å². The Labute approximate surface area is 93.1 Å². The Morgan fingerprint density at radius 1 is 1.31 bits per heavy atom. The third-order valence-corrected chi connectivity index (χ3v) is 2.92. The minimum atomic E-state index is -0.857. The molecule has 5 heteroatoms. The minimum absolute atomic E-state index is 0.361. The molecule has 1 fully saturated rings. The quantitative estimate of drug-likeness (QED) is 0.396. The smallest absolute Gasteiger partial charge is 0.320 e. The largest absolute Gasteiger partial charge is 0.393 e. The summed E-state index contributed by atoms with van der Waals surface area (Å²) in [5.74, 6) is -2.90. The molecule has 5 nitrogen and oxygen atoms in total. The van der Waals surface area contributed by atoms with Gasteiger partial charge in [0.05, 0.1) is 5.92 Å². The Morgan fingerprint density at radius 3 is 2.25 bits per heavy atom. The number of ether oxygens (including phenoxy) is 1. The molecule has 88 valence electrons. The molecule has 16 heavy (non-hydrogen) atoms. The molecule has 0 radical (unpaired) electrons. The van der Waals surface area contributed by atoms with Gasteiger partial charge in [0.25, 0.3) is 0 Å². The van der Waals surface area contributed by atoms with Gasteiger partial charge in [0.15, 0.2) is 0 Å². The van der Waals surface area contributed by atoms with Gasteiger partial charge in [0.1, 0.15) is 18.5 Å². The van der Waals surface area contributed by atoms with Gasteiger partial charge in [-0.2, -0.15) is 0 Å². The highest BCUT2D eigenvalue weighted by atomic mass is 16.6. The van der Waals surface area contributed by atoms with Crippen LogP contribution in [0.1, 0.15) is 27.2 Å². The molecule has 0 saturated heterocycles. The van der Waals surface area contributed by atoms with Crippen molar-refractivity contribution in [1.82, 2.24) is 0 Å². The minimum Gasteiger partial charge on any atom is -0.393 e. The van der Waals surface area contributed by atoms with E-state index in [9.17, 15) is 19.2 Å². The van der Waals surface area contributed by atoms with Crippen LogP contribution < -0.4 is 0 Å². The molecular formula is C11H14O5. The summed E-state index contributed by atoms with van der Waals surface area (Å²) in [6.45, 7) is 4.75. The summed E-state index contributed by atoms with van der Waals surface area (Å²) in [5, 5.41) is 0. The van der Waals surface area contributed by atoms with E-state index in [-0.39, 0.29) is 5.78 Å². The van der Waals surface area contributed by atoms with E-state index in [2.05, 4.69) is 4.74 Å². The average molecular weight is 226 g/mol. The van der Waals surface area contributed by atoms with Crippen LogP contribution in [0.25, 0.3) is 0 Å². The van der Waals surface area contributed by atoms with E-state index in [1.54, 1.807) is 13.8 Å². The number of carbonyl (C=O) groups is 4. The van der Waals surface area contributed by atoms with Crippen molar-refractivity contribution in [3.05, 3.63) is 0 Å². The summed E-state index contributed by atoms with van der Waals surface area (Å²) >= 11 is 0. The molecule has 1 aliphatic rings. The van der Waals surface area contributed by atoms with Gasteiger partial charge in [-0.1, -0.05) is 13.8 Å². The maximum atomic E-state index is 11.5. The number of hydrogen-bond acceptors (Lipinski definition) is 5. The molecule has 2 unspecified atom stereocenters. The molecule has 0 amide bonds. The van der Waals surface area contributed by atoms with E-state index in [0.717, 1.165) is 0 Å². The Kier molecular flexibility index (Phi) is 3.26. The number of carbonyl (C=O) groups excluding carboxylic acids is 4. The van der Waals surface area contributed by atoms with Crippen LogP contribution in [0.15, 0.2) is 0 Å². The molecule has 0 aromatic rings. The van der Waals surface area contributed by atoms with Crippen LogP contribution in [-0.4, -0.2) is 24.0 Å². The SMILES string of the molecule is CC(=O)CC(=O)OC(=O)C1C(C=O)C1(C)C. The van der Waals surface area contributed by atoms with E-state index >= 15 is 0 Å². The van der Waals surface area contributed by atoms with E-state index < -0.39 is 35.6 Å². The maximum absolute atomic E-state index is 11.5. The molecule has 0 N–H and O–H groups in total. The van der Waals surface area contributed by atoms with Crippen LogP contribution in [0.5, 0.6) is 0 Å². The lowest BCUT2D eigenvalue weighted by atomic mass is 10.1. The second kappa shape index (κ2) is 4.15. The van der Waals surface area contributed by atoms with Crippen molar-refractivity contribution in [1.29, 1.82) is 0 Å². The lowest BCUT2D eigenvalue weighted by molar-refractivity contribution is -0.161. The van der Waals surface area contributed by atoms with Gasteiger partial charge < -0.3 is 9.53 Å². The van der Waals surface area contributed by atoms with Gasteiger partial charge in [0, 0.05) is 5.92 Å². The highest BCUT2D eigenvalue weighted by molar-refractivity contribution is 5.99. The Morgan fingerprint density at radius 2 is 1.88 bits per heavy atom. The first kappa shape index (κ1) is 12.5. The molecule has 0 spiro atoms. The summed E-state index contributed by atoms with van der Waals surface area (Å²) in [5.41, 5.74) is -0.449. The molecule has 0 heterocycles. The fraction of sp³-hybridized carbons (Fsp3) is 0.636. The van der Waals surface area contributed by atoms with Gasteiger partial charge >= 0.3 is 11.9 Å². The summed E-state index contributed by atoms with van der Waals surface area (Å²) < 4.78 is 4.50. The predicted molar refractivity (Wildman–Crippen MR) is 53.2 cm³/mol. The molecular weight excluding hydrogens is 212 g/mol. The van der Waals surface area contributed by atoms with Gasteiger partial charge in [-0.3, -0.25) is 14.4 Å². The number of ketones is 1. The highest BCUT2D eigenvalue weighted by Gasteiger charge is 2.63. The first-order valence-electron chi connectivity index (χ1n) is 5.00. The topological polar surface area (TPSA) is 77.5 Å². The normalized spacial score (nSPS) is 25.7. The zero-order valence-electron chi connectivity index (χ0n) is 9.48. The van der Waals surface area contributed by atoms with Gasteiger partial charge in [0.2, 0.25) is 0 Å². The van der Waals surface area contributed by atoms with Gasteiger partial charge in [-0.25, -0.2) is 0 Å².